The van der Waals surface area contributed by atoms with Crippen LogP contribution in [0.2, 0.25) is 0 Å². The minimum Gasteiger partial charge on any atom is -0.379 e. The molecule has 114 valence electrons. The number of aryl methyl sites for hydroxylation is 1. The monoisotopic (exact) mass is 287 g/mol. The molecule has 1 aliphatic heterocycles. The minimum atomic E-state index is 0.711. The Morgan fingerprint density at radius 3 is 2.71 bits per heavy atom. The minimum absolute atomic E-state index is 0.711. The van der Waals surface area contributed by atoms with Gasteiger partial charge in [0.2, 0.25) is 0 Å². The Kier molecular flexibility index (Phi) is 4.56. The van der Waals surface area contributed by atoms with Crippen LogP contribution in [0.5, 0.6) is 0 Å². The molecule has 4 nitrogen and oxygen atoms in total. The molecule has 0 unspecified atom stereocenters. The van der Waals surface area contributed by atoms with Crippen LogP contribution in [0.1, 0.15) is 26.1 Å². The van der Waals surface area contributed by atoms with Crippen LogP contribution in [0.4, 0.5) is 0 Å². The maximum atomic E-state index is 5.44. The van der Waals surface area contributed by atoms with E-state index in [1.165, 1.54) is 17.8 Å². The highest BCUT2D eigenvalue weighted by Gasteiger charge is 2.16. The Bertz CT molecular complexity index is 585. The van der Waals surface area contributed by atoms with E-state index in [-0.39, 0.29) is 0 Å². The van der Waals surface area contributed by atoms with Gasteiger partial charge in [-0.1, -0.05) is 26.0 Å². The van der Waals surface area contributed by atoms with E-state index in [4.69, 9.17) is 9.72 Å². The predicted octanol–water partition coefficient (Wildman–Crippen LogP) is 2.91. The number of hydrogen-bond donors (Lipinski definition) is 0. The van der Waals surface area contributed by atoms with Crippen molar-refractivity contribution in [1.82, 2.24) is 14.5 Å². The van der Waals surface area contributed by atoms with Gasteiger partial charge in [-0.05, 0) is 24.5 Å². The van der Waals surface area contributed by atoms with Gasteiger partial charge in [-0.2, -0.15) is 0 Å². The molecule has 1 aliphatic rings. The summed E-state index contributed by atoms with van der Waals surface area (Å²) in [7, 11) is 0. The smallest absolute Gasteiger partial charge is 0.124 e. The molecular formula is C17H25N3O. The number of morpholine rings is 1. The number of ether oxygens (including phenoxy) is 1. The molecule has 1 saturated heterocycles. The normalized spacial score (nSPS) is 16.9. The van der Waals surface area contributed by atoms with E-state index >= 15 is 0 Å². The molecule has 0 saturated carbocycles. The molecule has 1 aromatic carbocycles. The Morgan fingerprint density at radius 1 is 1.19 bits per heavy atom. The van der Waals surface area contributed by atoms with E-state index in [0.29, 0.717) is 5.92 Å². The lowest BCUT2D eigenvalue weighted by Gasteiger charge is -2.26. The summed E-state index contributed by atoms with van der Waals surface area (Å²) in [5, 5.41) is 0. The first-order valence-electron chi connectivity index (χ1n) is 7.98. The molecule has 0 spiro atoms. The first-order valence-corrected chi connectivity index (χ1v) is 7.98. The quantitative estimate of drug-likeness (QED) is 0.847. The molecule has 1 aromatic heterocycles. The van der Waals surface area contributed by atoms with Crippen LogP contribution < -0.4 is 0 Å². The zero-order chi connectivity index (χ0) is 14.7. The van der Waals surface area contributed by atoms with Crippen LogP contribution in [0.3, 0.4) is 0 Å². The van der Waals surface area contributed by atoms with Crippen molar-refractivity contribution in [2.24, 2.45) is 5.92 Å². The van der Waals surface area contributed by atoms with E-state index < -0.39 is 0 Å². The van der Waals surface area contributed by atoms with Gasteiger partial charge < -0.3 is 9.30 Å². The number of hydrogen-bond acceptors (Lipinski definition) is 3. The van der Waals surface area contributed by atoms with Crippen molar-refractivity contribution < 1.29 is 4.74 Å². The molecule has 0 radical (unpaired) electrons. The van der Waals surface area contributed by atoms with Crippen LogP contribution >= 0.6 is 0 Å². The standard InChI is InChI=1S/C17H25N3O/c1-14(2)7-8-20-16-6-4-3-5-15(16)18-17(20)13-19-9-11-21-12-10-19/h3-6,14H,7-13H2,1-2H3. The van der Waals surface area contributed by atoms with Crippen LogP contribution in [-0.2, 0) is 17.8 Å². The van der Waals surface area contributed by atoms with E-state index in [0.717, 1.165) is 44.9 Å². The fraction of sp³-hybridized carbons (Fsp3) is 0.588. The molecule has 3 rings (SSSR count). The van der Waals surface area contributed by atoms with Crippen molar-refractivity contribution >= 4 is 11.0 Å². The first-order chi connectivity index (χ1) is 10.2. The Hall–Kier alpha value is -1.39. The molecule has 21 heavy (non-hydrogen) atoms. The fourth-order valence-electron chi connectivity index (χ4n) is 2.84. The van der Waals surface area contributed by atoms with Gasteiger partial charge >= 0.3 is 0 Å². The van der Waals surface area contributed by atoms with Crippen molar-refractivity contribution in [1.29, 1.82) is 0 Å². The van der Waals surface area contributed by atoms with E-state index in [2.05, 4.69) is 47.6 Å². The number of nitrogens with zero attached hydrogens (tertiary/aromatic N) is 3. The molecular weight excluding hydrogens is 262 g/mol. The molecule has 2 aromatic rings. The highest BCUT2D eigenvalue weighted by atomic mass is 16.5. The average molecular weight is 287 g/mol. The average Bonchev–Trinajstić information content (AvgIpc) is 2.83. The summed E-state index contributed by atoms with van der Waals surface area (Å²) in [6.07, 6.45) is 1.19. The van der Waals surface area contributed by atoms with Gasteiger partial charge in [0.15, 0.2) is 0 Å². The van der Waals surface area contributed by atoms with Crippen molar-refractivity contribution in [3.8, 4) is 0 Å². The third-order valence-electron chi connectivity index (χ3n) is 4.13. The van der Waals surface area contributed by atoms with Gasteiger partial charge in [0.25, 0.3) is 0 Å². The molecule has 1 fully saturated rings. The van der Waals surface area contributed by atoms with Crippen LogP contribution in [-0.4, -0.2) is 40.8 Å². The molecule has 0 N–H and O–H groups in total. The summed E-state index contributed by atoms with van der Waals surface area (Å²) in [5.41, 5.74) is 2.38. The number of para-hydroxylation sites is 2. The number of aromatic nitrogens is 2. The molecule has 0 amide bonds. The fourth-order valence-corrected chi connectivity index (χ4v) is 2.84. The second kappa shape index (κ2) is 6.58. The van der Waals surface area contributed by atoms with Gasteiger partial charge in [-0.15, -0.1) is 0 Å². The predicted molar refractivity (Wildman–Crippen MR) is 85.3 cm³/mol. The summed E-state index contributed by atoms with van der Waals surface area (Å²) in [5.74, 6) is 1.90. The van der Waals surface area contributed by atoms with E-state index in [9.17, 15) is 0 Å². The molecule has 0 aliphatic carbocycles. The molecule has 4 heteroatoms. The van der Waals surface area contributed by atoms with Crippen molar-refractivity contribution in [2.75, 3.05) is 26.3 Å². The lowest BCUT2D eigenvalue weighted by molar-refractivity contribution is 0.0326. The van der Waals surface area contributed by atoms with E-state index in [1.54, 1.807) is 0 Å². The second-order valence-corrected chi connectivity index (χ2v) is 6.24. The number of fused-ring (bicyclic) bond motifs is 1. The summed E-state index contributed by atoms with van der Waals surface area (Å²) < 4.78 is 7.84. The van der Waals surface area contributed by atoms with Crippen LogP contribution in [0, 0.1) is 5.92 Å². The summed E-state index contributed by atoms with van der Waals surface area (Å²) in [6.45, 7) is 10.2. The van der Waals surface area contributed by atoms with Crippen molar-refractivity contribution in [2.45, 2.75) is 33.4 Å². The highest BCUT2D eigenvalue weighted by Crippen LogP contribution is 2.19. The van der Waals surface area contributed by atoms with Crippen LogP contribution in [0.15, 0.2) is 24.3 Å². The van der Waals surface area contributed by atoms with Crippen LogP contribution in [0.25, 0.3) is 11.0 Å². The molecule has 0 atom stereocenters. The zero-order valence-electron chi connectivity index (χ0n) is 13.1. The third kappa shape index (κ3) is 3.44. The third-order valence-corrected chi connectivity index (χ3v) is 4.13. The first kappa shape index (κ1) is 14.5. The number of benzene rings is 1. The second-order valence-electron chi connectivity index (χ2n) is 6.24. The van der Waals surface area contributed by atoms with Gasteiger partial charge in [0.1, 0.15) is 5.82 Å². The summed E-state index contributed by atoms with van der Waals surface area (Å²) in [4.78, 5) is 7.31. The van der Waals surface area contributed by atoms with Crippen molar-refractivity contribution in [3.05, 3.63) is 30.1 Å². The lowest BCUT2D eigenvalue weighted by Crippen LogP contribution is -2.36. The molecule has 2 heterocycles. The van der Waals surface area contributed by atoms with Crippen molar-refractivity contribution in [3.63, 3.8) is 0 Å². The topological polar surface area (TPSA) is 30.3 Å². The largest absolute Gasteiger partial charge is 0.379 e. The van der Waals surface area contributed by atoms with Gasteiger partial charge in [0, 0.05) is 19.6 Å². The maximum absolute atomic E-state index is 5.44. The SMILES string of the molecule is CC(C)CCn1c(CN2CCOCC2)nc2ccccc21. The highest BCUT2D eigenvalue weighted by molar-refractivity contribution is 5.75. The van der Waals surface area contributed by atoms with Gasteiger partial charge in [0.05, 0.1) is 30.8 Å². The van der Waals surface area contributed by atoms with Gasteiger partial charge in [-0.3, -0.25) is 4.90 Å². The number of rotatable bonds is 5. The molecule has 0 bridgehead atoms. The Balaban J connectivity index is 1.86. The zero-order valence-corrected chi connectivity index (χ0v) is 13.1. The maximum Gasteiger partial charge on any atom is 0.124 e. The Morgan fingerprint density at radius 2 is 1.95 bits per heavy atom. The number of imidazole rings is 1. The summed E-state index contributed by atoms with van der Waals surface area (Å²) in [6, 6.07) is 8.48. The lowest BCUT2D eigenvalue weighted by atomic mass is 10.1. The van der Waals surface area contributed by atoms with Gasteiger partial charge in [-0.25, -0.2) is 4.98 Å². The summed E-state index contributed by atoms with van der Waals surface area (Å²) >= 11 is 0. The Labute approximate surface area is 126 Å². The van der Waals surface area contributed by atoms with E-state index in [1.807, 2.05) is 0 Å².